The number of benzene rings is 2. The van der Waals surface area contributed by atoms with Crippen molar-refractivity contribution in [1.82, 2.24) is 0 Å². The molecule has 0 aliphatic carbocycles. The Labute approximate surface area is 148 Å². The molecule has 0 radical (unpaired) electrons. The average Bonchev–Trinajstić information content (AvgIpc) is 2.45. The number of hydrogen-bond donors (Lipinski definition) is 0. The maximum absolute atomic E-state index is 14.1. The minimum atomic E-state index is -0.479. The number of halogens is 7. The van der Waals surface area contributed by atoms with Crippen LogP contribution in [-0.2, 0) is 5.33 Å². The molecule has 0 amide bonds. The molecular weight excluding hydrogens is 432 g/mol. The maximum Gasteiger partial charge on any atom is 0.131 e. The van der Waals surface area contributed by atoms with Crippen molar-refractivity contribution in [2.24, 2.45) is 0 Å². The molecule has 0 bridgehead atoms. The third-order valence-corrected chi connectivity index (χ3v) is 5.59. The third-order valence-electron chi connectivity index (χ3n) is 2.66. The average molecular weight is 437 g/mol. The Balaban J connectivity index is 2.83. The van der Waals surface area contributed by atoms with Gasteiger partial charge in [-0.2, -0.15) is 0 Å². The molecule has 2 aromatic rings. The highest BCUT2D eigenvalue weighted by Crippen LogP contribution is 2.48. The minimum absolute atomic E-state index is 0.0429. The van der Waals surface area contributed by atoms with Gasteiger partial charge >= 0.3 is 0 Å². The van der Waals surface area contributed by atoms with Crippen LogP contribution >= 0.6 is 73.9 Å². The highest BCUT2D eigenvalue weighted by atomic mass is 79.9. The predicted octanol–water partition coefficient (Wildman–Crippen LogP) is 7.65. The summed E-state index contributed by atoms with van der Waals surface area (Å²) in [6, 6.07) is 4.60. The largest absolute Gasteiger partial charge is 0.206 e. The maximum atomic E-state index is 14.1. The van der Waals surface area contributed by atoms with E-state index in [2.05, 4.69) is 15.9 Å². The van der Waals surface area contributed by atoms with Crippen LogP contribution in [0.3, 0.4) is 0 Å². The van der Waals surface area contributed by atoms with Gasteiger partial charge in [0.2, 0.25) is 0 Å². The molecule has 0 N–H and O–H groups in total. The smallest absolute Gasteiger partial charge is 0.131 e. The fraction of sp³-hybridized carbons (Fsp3) is 0.0769. The van der Waals surface area contributed by atoms with Crippen molar-refractivity contribution in [3.63, 3.8) is 0 Å². The van der Waals surface area contributed by atoms with Crippen LogP contribution in [0.5, 0.6) is 0 Å². The van der Waals surface area contributed by atoms with E-state index in [4.69, 9.17) is 58.0 Å². The van der Waals surface area contributed by atoms with Gasteiger partial charge in [-0.15, -0.1) is 0 Å². The molecular formula is C13H5BrCl5F. The van der Waals surface area contributed by atoms with Gasteiger partial charge in [0.25, 0.3) is 0 Å². The third kappa shape index (κ3) is 2.92. The second-order valence-corrected chi connectivity index (χ2v) is 6.34. The topological polar surface area (TPSA) is 0 Å². The highest BCUT2D eigenvalue weighted by molar-refractivity contribution is 9.08. The molecule has 0 aliphatic rings. The van der Waals surface area contributed by atoms with Crippen molar-refractivity contribution < 1.29 is 4.39 Å². The van der Waals surface area contributed by atoms with Gasteiger partial charge in [0.05, 0.1) is 25.1 Å². The second-order valence-electron chi connectivity index (χ2n) is 3.89. The van der Waals surface area contributed by atoms with Gasteiger partial charge in [0.15, 0.2) is 0 Å². The standard InChI is InChI=1S/C13H5BrCl5F/c14-4-5-1-2-7(20)6(3-5)8-9(15)11(17)13(19)12(18)10(8)16/h1-3H,4H2. The Morgan fingerprint density at radius 1 is 0.850 bits per heavy atom. The summed E-state index contributed by atoms with van der Waals surface area (Å²) in [4.78, 5) is 0. The molecule has 2 rings (SSSR count). The van der Waals surface area contributed by atoms with E-state index >= 15 is 0 Å². The lowest BCUT2D eigenvalue weighted by Gasteiger charge is -2.14. The summed E-state index contributed by atoms with van der Waals surface area (Å²) in [5, 5.41) is 0.824. The molecule has 7 heteroatoms. The molecule has 0 spiro atoms. The zero-order valence-corrected chi connectivity index (χ0v) is 15.0. The Morgan fingerprint density at radius 3 is 1.85 bits per heavy atom. The van der Waals surface area contributed by atoms with Gasteiger partial charge in [0, 0.05) is 16.5 Å². The molecule has 0 heterocycles. The van der Waals surface area contributed by atoms with Crippen LogP contribution < -0.4 is 0 Å². The van der Waals surface area contributed by atoms with Gasteiger partial charge in [0.1, 0.15) is 5.82 Å². The van der Waals surface area contributed by atoms with Gasteiger partial charge in [-0.3, -0.25) is 0 Å². The van der Waals surface area contributed by atoms with E-state index in [1.54, 1.807) is 12.1 Å². The number of alkyl halides is 1. The number of hydrogen-bond acceptors (Lipinski definition) is 0. The first-order chi connectivity index (χ1) is 9.38. The quantitative estimate of drug-likeness (QED) is 0.257. The molecule has 0 saturated carbocycles. The summed E-state index contributed by atoms with van der Waals surface area (Å²) in [7, 11) is 0. The molecule has 106 valence electrons. The Morgan fingerprint density at radius 2 is 1.35 bits per heavy atom. The summed E-state index contributed by atoms with van der Waals surface area (Å²) in [6.07, 6.45) is 0. The van der Waals surface area contributed by atoms with Crippen molar-refractivity contribution >= 4 is 73.9 Å². The first-order valence-corrected chi connectivity index (χ1v) is 8.25. The Hall–Kier alpha value is 0.300. The first kappa shape index (κ1) is 16.7. The highest BCUT2D eigenvalue weighted by Gasteiger charge is 2.22. The summed E-state index contributed by atoms with van der Waals surface area (Å²) < 4.78 is 14.1. The minimum Gasteiger partial charge on any atom is -0.206 e. The molecule has 0 aliphatic heterocycles. The molecule has 20 heavy (non-hydrogen) atoms. The molecule has 0 aromatic heterocycles. The fourth-order valence-corrected chi connectivity index (χ4v) is 3.38. The van der Waals surface area contributed by atoms with Crippen LogP contribution in [0.15, 0.2) is 18.2 Å². The monoisotopic (exact) mass is 434 g/mol. The first-order valence-electron chi connectivity index (χ1n) is 5.24. The van der Waals surface area contributed by atoms with Crippen LogP contribution in [-0.4, -0.2) is 0 Å². The van der Waals surface area contributed by atoms with Crippen molar-refractivity contribution in [2.75, 3.05) is 0 Å². The molecule has 0 unspecified atom stereocenters. The van der Waals surface area contributed by atoms with Crippen LogP contribution in [0.2, 0.25) is 25.1 Å². The van der Waals surface area contributed by atoms with Crippen molar-refractivity contribution in [2.45, 2.75) is 5.33 Å². The van der Waals surface area contributed by atoms with E-state index in [9.17, 15) is 4.39 Å². The van der Waals surface area contributed by atoms with Crippen LogP contribution in [0.1, 0.15) is 5.56 Å². The van der Waals surface area contributed by atoms with Crippen LogP contribution in [0, 0.1) is 5.82 Å². The zero-order chi connectivity index (χ0) is 15.0. The predicted molar refractivity (Wildman–Crippen MR) is 89.5 cm³/mol. The fourth-order valence-electron chi connectivity index (χ4n) is 1.69. The lowest BCUT2D eigenvalue weighted by Crippen LogP contribution is -1.92. The summed E-state index contributed by atoms with van der Waals surface area (Å²) in [5.74, 6) is -0.479. The second kappa shape index (κ2) is 6.60. The van der Waals surface area contributed by atoms with Gasteiger partial charge in [-0.05, 0) is 17.7 Å². The molecule has 0 atom stereocenters. The summed E-state index contributed by atoms with van der Waals surface area (Å²) in [6.45, 7) is 0. The van der Waals surface area contributed by atoms with Crippen molar-refractivity contribution in [1.29, 1.82) is 0 Å². The van der Waals surface area contributed by atoms with E-state index in [1.807, 2.05) is 0 Å². The van der Waals surface area contributed by atoms with E-state index in [1.165, 1.54) is 6.07 Å². The van der Waals surface area contributed by atoms with E-state index < -0.39 is 5.82 Å². The van der Waals surface area contributed by atoms with Crippen LogP contribution in [0.4, 0.5) is 4.39 Å². The molecule has 0 saturated heterocycles. The lowest BCUT2D eigenvalue weighted by atomic mass is 10.0. The lowest BCUT2D eigenvalue weighted by molar-refractivity contribution is 0.631. The van der Waals surface area contributed by atoms with Gasteiger partial charge in [-0.1, -0.05) is 80.0 Å². The summed E-state index contributed by atoms with van der Waals surface area (Å²) >= 11 is 33.5. The molecule has 0 fully saturated rings. The zero-order valence-electron chi connectivity index (χ0n) is 9.58. The van der Waals surface area contributed by atoms with Gasteiger partial charge in [-0.25, -0.2) is 4.39 Å². The van der Waals surface area contributed by atoms with E-state index in [-0.39, 0.29) is 36.2 Å². The normalized spacial score (nSPS) is 10.9. The van der Waals surface area contributed by atoms with E-state index in [0.717, 1.165) is 5.56 Å². The van der Waals surface area contributed by atoms with Gasteiger partial charge < -0.3 is 0 Å². The van der Waals surface area contributed by atoms with Crippen LogP contribution in [0.25, 0.3) is 11.1 Å². The number of rotatable bonds is 2. The SMILES string of the molecule is Fc1ccc(CBr)cc1-c1c(Cl)c(Cl)c(Cl)c(Cl)c1Cl. The Bertz CT molecular complexity index is 658. The Kier molecular flexibility index (Phi) is 5.50. The summed E-state index contributed by atoms with van der Waals surface area (Å²) in [5.41, 5.74) is 1.31. The van der Waals surface area contributed by atoms with Crippen molar-refractivity contribution in [3.05, 3.63) is 54.7 Å². The van der Waals surface area contributed by atoms with E-state index in [0.29, 0.717) is 5.33 Å². The molecule has 0 nitrogen and oxygen atoms in total. The molecule has 2 aromatic carbocycles. The van der Waals surface area contributed by atoms with Crippen molar-refractivity contribution in [3.8, 4) is 11.1 Å².